The molecule has 0 fully saturated rings. The fraction of sp³-hybridized carbons (Fsp3) is 0.375. The van der Waals surface area contributed by atoms with Gasteiger partial charge in [-0.3, -0.25) is 4.98 Å². The maximum atomic E-state index is 4.23. The van der Waals surface area contributed by atoms with E-state index in [-0.39, 0.29) is 0 Å². The molecule has 2 heterocycles. The Morgan fingerprint density at radius 2 is 2.11 bits per heavy atom. The summed E-state index contributed by atoms with van der Waals surface area (Å²) >= 11 is 0. The lowest BCUT2D eigenvalue weighted by Crippen LogP contribution is -2.34. The van der Waals surface area contributed by atoms with Crippen molar-refractivity contribution < 1.29 is 4.57 Å². The molecule has 0 spiro atoms. The predicted octanol–water partition coefficient (Wildman–Crippen LogP) is 3.10. The van der Waals surface area contributed by atoms with E-state index < -0.39 is 0 Å². The standard InChI is InChI=1S/C16H21N2/c1-4-14-6-5-9-18(11-14)12-15-7-8-17-10-16(15)13(2)3/h5-11,13H,4,12H2,1-3H3/q+1. The highest BCUT2D eigenvalue weighted by Crippen LogP contribution is 2.17. The lowest BCUT2D eigenvalue weighted by Gasteiger charge is -2.09. The van der Waals surface area contributed by atoms with E-state index in [4.69, 9.17) is 0 Å². The third-order valence-corrected chi connectivity index (χ3v) is 3.25. The minimum Gasteiger partial charge on any atom is -0.264 e. The molecule has 0 bridgehead atoms. The molecule has 2 rings (SSSR count). The van der Waals surface area contributed by atoms with Gasteiger partial charge in [0.25, 0.3) is 0 Å². The normalized spacial score (nSPS) is 10.9. The van der Waals surface area contributed by atoms with Crippen molar-refractivity contribution in [2.75, 3.05) is 0 Å². The third kappa shape index (κ3) is 2.95. The molecule has 0 aliphatic rings. The highest BCUT2D eigenvalue weighted by atomic mass is 14.9. The lowest BCUT2D eigenvalue weighted by atomic mass is 9.99. The number of hydrogen-bond acceptors (Lipinski definition) is 1. The SMILES string of the molecule is CCc1ccc[n+](Cc2ccncc2C(C)C)c1. The molecule has 0 aliphatic heterocycles. The molecular formula is C16H21N2+. The summed E-state index contributed by atoms with van der Waals surface area (Å²) in [4.78, 5) is 4.23. The minimum atomic E-state index is 0.517. The molecule has 0 saturated carbocycles. The summed E-state index contributed by atoms with van der Waals surface area (Å²) in [5.41, 5.74) is 4.07. The van der Waals surface area contributed by atoms with Gasteiger partial charge in [-0.15, -0.1) is 0 Å². The van der Waals surface area contributed by atoms with Gasteiger partial charge >= 0.3 is 0 Å². The van der Waals surface area contributed by atoms with Crippen molar-refractivity contribution in [1.29, 1.82) is 0 Å². The zero-order chi connectivity index (χ0) is 13.0. The number of rotatable bonds is 4. The molecule has 2 aromatic rings. The average Bonchev–Trinajstić information content (AvgIpc) is 2.39. The molecule has 0 atom stereocenters. The van der Waals surface area contributed by atoms with Crippen molar-refractivity contribution in [3.8, 4) is 0 Å². The van der Waals surface area contributed by atoms with Crippen LogP contribution in [0.25, 0.3) is 0 Å². The van der Waals surface area contributed by atoms with E-state index in [1.165, 1.54) is 16.7 Å². The second kappa shape index (κ2) is 5.76. The van der Waals surface area contributed by atoms with Gasteiger partial charge in [0.2, 0.25) is 0 Å². The van der Waals surface area contributed by atoms with Crippen molar-refractivity contribution in [1.82, 2.24) is 4.98 Å². The summed E-state index contributed by atoms with van der Waals surface area (Å²) < 4.78 is 2.25. The second-order valence-electron chi connectivity index (χ2n) is 4.97. The predicted molar refractivity (Wildman–Crippen MR) is 73.4 cm³/mol. The Morgan fingerprint density at radius 1 is 1.28 bits per heavy atom. The third-order valence-electron chi connectivity index (χ3n) is 3.25. The van der Waals surface area contributed by atoms with Gasteiger partial charge in [-0.05, 0) is 30.0 Å². The van der Waals surface area contributed by atoms with E-state index in [1.54, 1.807) is 0 Å². The maximum absolute atomic E-state index is 4.23. The molecule has 2 heteroatoms. The van der Waals surface area contributed by atoms with E-state index in [1.807, 2.05) is 12.4 Å². The molecule has 0 saturated heterocycles. The zero-order valence-electron chi connectivity index (χ0n) is 11.4. The number of hydrogen-bond donors (Lipinski definition) is 0. The number of aromatic nitrogens is 2. The van der Waals surface area contributed by atoms with Gasteiger partial charge in [-0.2, -0.15) is 0 Å². The smallest absolute Gasteiger partial charge is 0.174 e. The summed E-state index contributed by atoms with van der Waals surface area (Å²) in [7, 11) is 0. The average molecular weight is 241 g/mol. The van der Waals surface area contributed by atoms with Crippen LogP contribution in [0.3, 0.4) is 0 Å². The summed E-state index contributed by atoms with van der Waals surface area (Å²) in [6, 6.07) is 6.42. The van der Waals surface area contributed by atoms with Crippen LogP contribution < -0.4 is 4.57 Å². The lowest BCUT2D eigenvalue weighted by molar-refractivity contribution is -0.688. The van der Waals surface area contributed by atoms with Gasteiger partial charge in [-0.25, -0.2) is 4.57 Å². The molecule has 0 amide bonds. The van der Waals surface area contributed by atoms with Gasteiger partial charge in [0, 0.05) is 29.6 Å². The van der Waals surface area contributed by atoms with Crippen LogP contribution in [0, 0.1) is 0 Å². The van der Waals surface area contributed by atoms with Gasteiger partial charge < -0.3 is 0 Å². The first-order valence-electron chi connectivity index (χ1n) is 6.61. The Labute approximate surface area is 109 Å². The maximum Gasteiger partial charge on any atom is 0.174 e. The molecule has 0 aliphatic carbocycles. The Kier molecular flexibility index (Phi) is 4.08. The summed E-state index contributed by atoms with van der Waals surface area (Å²) in [5.74, 6) is 0.517. The van der Waals surface area contributed by atoms with Crippen LogP contribution in [0.5, 0.6) is 0 Å². The van der Waals surface area contributed by atoms with Gasteiger partial charge in [0.05, 0.1) is 0 Å². The van der Waals surface area contributed by atoms with E-state index in [2.05, 4.69) is 60.9 Å². The number of aryl methyl sites for hydroxylation is 1. The van der Waals surface area contributed by atoms with Gasteiger partial charge in [-0.1, -0.05) is 20.8 Å². The van der Waals surface area contributed by atoms with Crippen molar-refractivity contribution in [3.63, 3.8) is 0 Å². The van der Waals surface area contributed by atoms with Crippen LogP contribution in [0.2, 0.25) is 0 Å². The van der Waals surface area contributed by atoms with Crippen molar-refractivity contribution >= 4 is 0 Å². The number of nitrogens with zero attached hydrogens (tertiary/aromatic N) is 2. The molecule has 0 radical (unpaired) electrons. The summed E-state index contributed by atoms with van der Waals surface area (Å²) in [5, 5.41) is 0. The van der Waals surface area contributed by atoms with Crippen LogP contribution in [0.15, 0.2) is 43.0 Å². The molecule has 94 valence electrons. The van der Waals surface area contributed by atoms with Crippen LogP contribution in [-0.4, -0.2) is 4.98 Å². The summed E-state index contributed by atoms with van der Waals surface area (Å²) in [6.45, 7) is 7.54. The highest BCUT2D eigenvalue weighted by Gasteiger charge is 2.10. The second-order valence-corrected chi connectivity index (χ2v) is 4.97. The first-order valence-corrected chi connectivity index (χ1v) is 6.61. The van der Waals surface area contributed by atoms with Crippen LogP contribution in [-0.2, 0) is 13.0 Å². The van der Waals surface area contributed by atoms with Crippen LogP contribution in [0.4, 0.5) is 0 Å². The molecule has 2 nitrogen and oxygen atoms in total. The first kappa shape index (κ1) is 12.7. The summed E-state index contributed by atoms with van der Waals surface area (Å²) in [6.07, 6.45) is 9.30. The van der Waals surface area contributed by atoms with Crippen LogP contribution in [0.1, 0.15) is 43.4 Å². The minimum absolute atomic E-state index is 0.517. The van der Waals surface area contributed by atoms with E-state index >= 15 is 0 Å². The molecular weight excluding hydrogens is 220 g/mol. The molecule has 2 aromatic heterocycles. The van der Waals surface area contributed by atoms with E-state index in [0.717, 1.165) is 13.0 Å². The molecule has 0 aromatic carbocycles. The van der Waals surface area contributed by atoms with Gasteiger partial charge in [0.15, 0.2) is 18.9 Å². The largest absolute Gasteiger partial charge is 0.264 e. The molecule has 0 unspecified atom stereocenters. The molecule has 0 N–H and O–H groups in total. The first-order chi connectivity index (χ1) is 8.70. The zero-order valence-corrected chi connectivity index (χ0v) is 11.4. The van der Waals surface area contributed by atoms with Crippen molar-refractivity contribution in [3.05, 3.63) is 59.7 Å². The van der Waals surface area contributed by atoms with Crippen molar-refractivity contribution in [2.24, 2.45) is 0 Å². The van der Waals surface area contributed by atoms with E-state index in [9.17, 15) is 0 Å². The quantitative estimate of drug-likeness (QED) is 0.752. The number of pyridine rings is 2. The topological polar surface area (TPSA) is 16.8 Å². The monoisotopic (exact) mass is 241 g/mol. The fourth-order valence-electron chi connectivity index (χ4n) is 2.18. The fourth-order valence-corrected chi connectivity index (χ4v) is 2.18. The Hall–Kier alpha value is -1.70. The van der Waals surface area contributed by atoms with Gasteiger partial charge in [0.1, 0.15) is 0 Å². The van der Waals surface area contributed by atoms with Crippen LogP contribution >= 0.6 is 0 Å². The van der Waals surface area contributed by atoms with E-state index in [0.29, 0.717) is 5.92 Å². The molecule has 18 heavy (non-hydrogen) atoms. The highest BCUT2D eigenvalue weighted by molar-refractivity contribution is 5.25. The van der Waals surface area contributed by atoms with Crippen molar-refractivity contribution in [2.45, 2.75) is 39.7 Å². The Morgan fingerprint density at radius 3 is 2.83 bits per heavy atom. The Balaban J connectivity index is 2.28. The Bertz CT molecular complexity index is 518.